The summed E-state index contributed by atoms with van der Waals surface area (Å²) in [7, 11) is 0. The lowest BCUT2D eigenvalue weighted by Gasteiger charge is -2.19. The maximum absolute atomic E-state index is 12.2. The van der Waals surface area contributed by atoms with E-state index in [1.54, 1.807) is 18.2 Å². The van der Waals surface area contributed by atoms with Gasteiger partial charge in [0.05, 0.1) is 12.0 Å². The van der Waals surface area contributed by atoms with Gasteiger partial charge in [0.1, 0.15) is 17.1 Å². The second-order valence-electron chi connectivity index (χ2n) is 8.39. The quantitative estimate of drug-likeness (QED) is 0.418. The monoisotopic (exact) mass is 409 g/mol. The van der Waals surface area contributed by atoms with E-state index < -0.39 is 11.5 Å². The van der Waals surface area contributed by atoms with Gasteiger partial charge in [-0.3, -0.25) is 19.7 Å². The molecule has 1 heterocycles. The van der Waals surface area contributed by atoms with Gasteiger partial charge in [-0.15, -0.1) is 0 Å². The van der Waals surface area contributed by atoms with Crippen LogP contribution >= 0.6 is 0 Å². The van der Waals surface area contributed by atoms with E-state index in [0.29, 0.717) is 29.0 Å². The third-order valence-electron chi connectivity index (χ3n) is 4.59. The molecule has 0 aromatic heterocycles. The van der Waals surface area contributed by atoms with E-state index in [-0.39, 0.29) is 18.3 Å². The van der Waals surface area contributed by atoms with Gasteiger partial charge in [-0.05, 0) is 69.4 Å². The minimum atomic E-state index is -0.455. The Labute approximate surface area is 176 Å². The molecule has 0 spiro atoms. The highest BCUT2D eigenvalue weighted by molar-refractivity contribution is 6.11. The third kappa shape index (κ3) is 5.92. The van der Waals surface area contributed by atoms with Gasteiger partial charge in [0, 0.05) is 6.42 Å². The summed E-state index contributed by atoms with van der Waals surface area (Å²) >= 11 is 0. The molecule has 0 unspecified atom stereocenters. The number of ether oxygens (including phenoxy) is 2. The van der Waals surface area contributed by atoms with Crippen molar-refractivity contribution >= 4 is 17.8 Å². The number of benzene rings is 2. The molecule has 1 aliphatic heterocycles. The number of hydrogen-bond acceptors (Lipinski definition) is 5. The Hall–Kier alpha value is -3.15. The first-order valence-electron chi connectivity index (χ1n) is 10.2. The molecule has 0 bridgehead atoms. The Morgan fingerprint density at radius 2 is 1.83 bits per heavy atom. The molecular weight excluding hydrogens is 382 g/mol. The zero-order chi connectivity index (χ0) is 21.7. The lowest BCUT2D eigenvalue weighted by molar-refractivity contribution is -0.154. The molecular formula is C24H27NO5. The predicted molar refractivity (Wildman–Crippen MR) is 113 cm³/mol. The van der Waals surface area contributed by atoms with E-state index in [9.17, 15) is 14.4 Å². The van der Waals surface area contributed by atoms with Gasteiger partial charge in [0.25, 0.3) is 5.91 Å². The second-order valence-corrected chi connectivity index (χ2v) is 8.39. The molecule has 0 saturated heterocycles. The smallest absolute Gasteiger partial charge is 0.306 e. The highest BCUT2D eigenvalue weighted by Gasteiger charge is 2.26. The molecule has 2 aromatic rings. The fourth-order valence-electron chi connectivity index (χ4n) is 3.36. The summed E-state index contributed by atoms with van der Waals surface area (Å²) in [4.78, 5) is 35.6. The number of carbonyl (C=O) groups excluding carboxylic acids is 3. The normalized spacial score (nSPS) is 13.4. The van der Waals surface area contributed by atoms with Crippen molar-refractivity contribution < 1.29 is 23.9 Å². The molecule has 0 aliphatic carbocycles. The van der Waals surface area contributed by atoms with Crippen molar-refractivity contribution in [3.8, 4) is 11.5 Å². The van der Waals surface area contributed by atoms with Crippen LogP contribution in [0.3, 0.4) is 0 Å². The topological polar surface area (TPSA) is 81.7 Å². The minimum absolute atomic E-state index is 0.163. The van der Waals surface area contributed by atoms with Gasteiger partial charge in [-0.1, -0.05) is 24.3 Å². The number of carbonyl (C=O) groups is 3. The number of fused-ring (bicyclic) bond motifs is 1. The Bertz CT molecular complexity index is 958. The van der Waals surface area contributed by atoms with E-state index >= 15 is 0 Å². The predicted octanol–water partition coefficient (Wildman–Crippen LogP) is 4.35. The van der Waals surface area contributed by atoms with Crippen molar-refractivity contribution in [1.29, 1.82) is 0 Å². The molecule has 3 rings (SSSR count). The summed E-state index contributed by atoms with van der Waals surface area (Å²) in [5.41, 5.74) is 1.70. The number of hydrogen-bond donors (Lipinski definition) is 1. The first kappa shape index (κ1) is 21.6. The van der Waals surface area contributed by atoms with Crippen LogP contribution in [0.4, 0.5) is 0 Å². The average molecular weight is 409 g/mol. The Morgan fingerprint density at radius 1 is 1.07 bits per heavy atom. The summed E-state index contributed by atoms with van der Waals surface area (Å²) in [5, 5.41) is 2.33. The van der Waals surface area contributed by atoms with Gasteiger partial charge >= 0.3 is 5.97 Å². The van der Waals surface area contributed by atoms with E-state index in [2.05, 4.69) is 5.32 Å². The van der Waals surface area contributed by atoms with Crippen molar-refractivity contribution in [2.45, 2.75) is 58.5 Å². The Kier molecular flexibility index (Phi) is 6.55. The van der Waals surface area contributed by atoms with Gasteiger partial charge in [-0.2, -0.15) is 0 Å². The standard InChI is InChI=1S/C24H27NO5/c1-24(2,3)30-21(27)13-5-4-8-16-9-6-11-18(14-16)29-19-12-7-10-17-15-20(26)25-23(28)22(17)19/h6-7,9-12,14H,4-5,8,13,15H2,1-3H3,(H,25,26,28). The lowest BCUT2D eigenvalue weighted by Crippen LogP contribution is -2.37. The molecule has 2 aromatic carbocycles. The Morgan fingerprint density at radius 3 is 2.60 bits per heavy atom. The minimum Gasteiger partial charge on any atom is -0.460 e. The highest BCUT2D eigenvalue weighted by Crippen LogP contribution is 2.30. The number of esters is 1. The van der Waals surface area contributed by atoms with Crippen LogP contribution in [0.2, 0.25) is 0 Å². The molecule has 158 valence electrons. The first-order valence-corrected chi connectivity index (χ1v) is 10.2. The number of rotatable bonds is 7. The zero-order valence-corrected chi connectivity index (χ0v) is 17.6. The maximum atomic E-state index is 12.2. The number of amides is 2. The van der Waals surface area contributed by atoms with Gasteiger partial charge in [-0.25, -0.2) is 0 Å². The molecule has 0 saturated carbocycles. The molecule has 0 fully saturated rings. The SMILES string of the molecule is CC(C)(C)OC(=O)CCCCc1cccc(Oc2cccc3c2C(=O)NC(=O)C3)c1. The van der Waals surface area contributed by atoms with Gasteiger partial charge in [0.2, 0.25) is 5.91 Å². The van der Waals surface area contributed by atoms with Crippen LogP contribution in [0.25, 0.3) is 0 Å². The first-order chi connectivity index (χ1) is 14.2. The molecule has 1 aliphatic rings. The molecule has 0 radical (unpaired) electrons. The number of aryl methyl sites for hydroxylation is 1. The number of unbranched alkanes of at least 4 members (excludes halogenated alkanes) is 1. The summed E-state index contributed by atoms with van der Waals surface area (Å²) in [5.74, 6) is 0.135. The van der Waals surface area contributed by atoms with Crippen LogP contribution in [-0.2, 0) is 27.2 Å². The average Bonchev–Trinajstić information content (AvgIpc) is 2.64. The summed E-state index contributed by atoms with van der Waals surface area (Å²) in [6.07, 6.45) is 2.98. The van der Waals surface area contributed by atoms with Crippen LogP contribution in [-0.4, -0.2) is 23.4 Å². The van der Waals surface area contributed by atoms with E-state index in [1.165, 1.54) is 0 Å². The zero-order valence-electron chi connectivity index (χ0n) is 17.6. The summed E-state index contributed by atoms with van der Waals surface area (Å²) in [6.45, 7) is 5.59. The van der Waals surface area contributed by atoms with Crippen LogP contribution < -0.4 is 10.1 Å². The number of nitrogens with one attached hydrogen (secondary N) is 1. The molecule has 6 nitrogen and oxygen atoms in total. The Balaban J connectivity index is 1.59. The highest BCUT2D eigenvalue weighted by atomic mass is 16.6. The summed E-state index contributed by atoms with van der Waals surface area (Å²) < 4.78 is 11.3. The lowest BCUT2D eigenvalue weighted by atomic mass is 9.99. The van der Waals surface area contributed by atoms with Crippen molar-refractivity contribution in [3.63, 3.8) is 0 Å². The van der Waals surface area contributed by atoms with Crippen LogP contribution in [0.15, 0.2) is 42.5 Å². The van der Waals surface area contributed by atoms with Crippen molar-refractivity contribution in [3.05, 3.63) is 59.2 Å². The molecule has 30 heavy (non-hydrogen) atoms. The van der Waals surface area contributed by atoms with Crippen LogP contribution in [0.1, 0.15) is 61.5 Å². The van der Waals surface area contributed by atoms with Gasteiger partial charge < -0.3 is 9.47 Å². The molecule has 0 atom stereocenters. The molecule has 1 N–H and O–H groups in total. The van der Waals surface area contributed by atoms with E-state index in [4.69, 9.17) is 9.47 Å². The fraction of sp³-hybridized carbons (Fsp3) is 0.375. The van der Waals surface area contributed by atoms with Crippen LogP contribution in [0.5, 0.6) is 11.5 Å². The van der Waals surface area contributed by atoms with Crippen molar-refractivity contribution in [1.82, 2.24) is 5.32 Å². The molecule has 6 heteroatoms. The summed E-state index contributed by atoms with van der Waals surface area (Å²) in [6, 6.07) is 12.9. The maximum Gasteiger partial charge on any atom is 0.306 e. The second kappa shape index (κ2) is 9.11. The van der Waals surface area contributed by atoms with E-state index in [1.807, 2.05) is 45.0 Å². The van der Waals surface area contributed by atoms with Crippen LogP contribution in [0, 0.1) is 0 Å². The third-order valence-corrected chi connectivity index (χ3v) is 4.59. The van der Waals surface area contributed by atoms with Crippen molar-refractivity contribution in [2.75, 3.05) is 0 Å². The molecule has 2 amide bonds. The fourth-order valence-corrected chi connectivity index (χ4v) is 3.36. The van der Waals surface area contributed by atoms with Crippen molar-refractivity contribution in [2.24, 2.45) is 0 Å². The largest absolute Gasteiger partial charge is 0.460 e. The van der Waals surface area contributed by atoms with E-state index in [0.717, 1.165) is 24.8 Å². The number of imide groups is 1. The van der Waals surface area contributed by atoms with Gasteiger partial charge in [0.15, 0.2) is 0 Å².